The highest BCUT2D eigenvalue weighted by Gasteiger charge is 2.20. The fourth-order valence-electron chi connectivity index (χ4n) is 1.64. The van der Waals surface area contributed by atoms with Crippen LogP contribution in [-0.2, 0) is 4.79 Å². The van der Waals surface area contributed by atoms with E-state index in [1.54, 1.807) is 18.3 Å². The molecule has 0 bridgehead atoms. The Kier molecular flexibility index (Phi) is 3.42. The van der Waals surface area contributed by atoms with Crippen LogP contribution in [0.5, 0.6) is 0 Å². The molecule has 1 amide bonds. The number of nitrogens with two attached hydrogens (primary N) is 1. The Morgan fingerprint density at radius 2 is 2.24 bits per heavy atom. The minimum Gasteiger partial charge on any atom is -0.322 e. The van der Waals surface area contributed by atoms with Gasteiger partial charge in [-0.05, 0) is 24.4 Å². The lowest BCUT2D eigenvalue weighted by Crippen LogP contribution is -2.34. The Bertz CT molecular complexity index is 505. The molecule has 5 heteroatoms. The minimum atomic E-state index is -0.477. The van der Waals surface area contributed by atoms with Gasteiger partial charge in [0.15, 0.2) is 0 Å². The van der Waals surface area contributed by atoms with E-state index >= 15 is 0 Å². The molecule has 1 aromatic heterocycles. The monoisotopic (exact) mass is 250 g/mol. The summed E-state index contributed by atoms with van der Waals surface area (Å²) in [4.78, 5) is 12.2. The number of carbonyl (C=O) groups is 1. The van der Waals surface area contributed by atoms with Crippen molar-refractivity contribution >= 4 is 27.3 Å². The van der Waals surface area contributed by atoms with Crippen molar-refractivity contribution in [3.05, 3.63) is 35.2 Å². The molecule has 2 aromatic rings. The average molecular weight is 250 g/mol. The molecule has 0 saturated heterocycles. The minimum absolute atomic E-state index is 0.189. The summed E-state index contributed by atoms with van der Waals surface area (Å²) in [5, 5.41) is 11.5. The highest BCUT2D eigenvalue weighted by Crippen LogP contribution is 2.31. The van der Waals surface area contributed by atoms with Crippen molar-refractivity contribution in [3.63, 3.8) is 0 Å². The van der Waals surface area contributed by atoms with Gasteiger partial charge in [0.1, 0.15) is 0 Å². The van der Waals surface area contributed by atoms with Crippen LogP contribution in [0.1, 0.15) is 17.8 Å². The van der Waals surface area contributed by atoms with Crippen molar-refractivity contribution in [2.75, 3.05) is 6.54 Å². The maximum absolute atomic E-state index is 11.3. The number of rotatable bonds is 3. The lowest BCUT2D eigenvalue weighted by Gasteiger charge is -2.20. The van der Waals surface area contributed by atoms with Crippen LogP contribution in [0.2, 0.25) is 0 Å². The van der Waals surface area contributed by atoms with Crippen molar-refractivity contribution in [2.24, 2.45) is 5.73 Å². The molecule has 1 unspecified atom stereocenters. The van der Waals surface area contributed by atoms with Gasteiger partial charge >= 0.3 is 0 Å². The number of hydrogen-bond donors (Lipinski definition) is 2. The van der Waals surface area contributed by atoms with Gasteiger partial charge in [0, 0.05) is 9.58 Å². The van der Waals surface area contributed by atoms with Gasteiger partial charge in [-0.25, -0.2) is 5.06 Å². The molecule has 2 rings (SSSR count). The normalized spacial score (nSPS) is 12.6. The van der Waals surface area contributed by atoms with Crippen molar-refractivity contribution in [1.82, 2.24) is 5.06 Å². The molecular formula is C12H14N2O2S. The lowest BCUT2D eigenvalue weighted by atomic mass is 10.2. The summed E-state index contributed by atoms with van der Waals surface area (Å²) in [6.45, 7) is 1.59. The molecule has 4 nitrogen and oxygen atoms in total. The van der Waals surface area contributed by atoms with Gasteiger partial charge in [0.2, 0.25) is 0 Å². The Hall–Kier alpha value is -1.43. The van der Waals surface area contributed by atoms with E-state index < -0.39 is 5.91 Å². The van der Waals surface area contributed by atoms with E-state index in [4.69, 9.17) is 5.73 Å². The summed E-state index contributed by atoms with van der Waals surface area (Å²) in [6.07, 6.45) is 0. The van der Waals surface area contributed by atoms with Crippen molar-refractivity contribution in [2.45, 2.75) is 13.0 Å². The van der Waals surface area contributed by atoms with Gasteiger partial charge in [-0.1, -0.05) is 18.2 Å². The molecule has 0 aliphatic rings. The highest BCUT2D eigenvalue weighted by molar-refractivity contribution is 7.19. The fourth-order valence-corrected chi connectivity index (χ4v) is 2.74. The van der Waals surface area contributed by atoms with E-state index in [1.165, 1.54) is 0 Å². The van der Waals surface area contributed by atoms with Crippen LogP contribution < -0.4 is 5.73 Å². The summed E-state index contributed by atoms with van der Waals surface area (Å²) < 4.78 is 1.14. The second-order valence-corrected chi connectivity index (χ2v) is 4.92. The Morgan fingerprint density at radius 1 is 1.53 bits per heavy atom. The number of nitrogens with zero attached hydrogens (tertiary/aromatic N) is 1. The zero-order valence-corrected chi connectivity index (χ0v) is 10.3. The van der Waals surface area contributed by atoms with Crippen LogP contribution in [0, 0.1) is 0 Å². The van der Waals surface area contributed by atoms with Gasteiger partial charge in [0.05, 0.1) is 12.6 Å². The van der Waals surface area contributed by atoms with Crippen LogP contribution in [0.25, 0.3) is 10.1 Å². The number of benzene rings is 1. The van der Waals surface area contributed by atoms with E-state index in [1.807, 2.05) is 30.3 Å². The largest absolute Gasteiger partial charge is 0.322 e. The maximum atomic E-state index is 11.3. The van der Waals surface area contributed by atoms with Gasteiger partial charge in [-0.2, -0.15) is 0 Å². The molecule has 0 radical (unpaired) electrons. The first kappa shape index (κ1) is 12.0. The van der Waals surface area contributed by atoms with E-state index in [9.17, 15) is 10.0 Å². The number of hydroxylamine groups is 2. The first-order valence-electron chi connectivity index (χ1n) is 5.33. The molecule has 0 fully saturated rings. The topological polar surface area (TPSA) is 66.6 Å². The number of fused-ring (bicyclic) bond motifs is 1. The van der Waals surface area contributed by atoms with Crippen LogP contribution in [-0.4, -0.2) is 22.7 Å². The summed E-state index contributed by atoms with van der Waals surface area (Å²) in [7, 11) is 0. The van der Waals surface area contributed by atoms with Crippen molar-refractivity contribution in [1.29, 1.82) is 0 Å². The van der Waals surface area contributed by atoms with Gasteiger partial charge in [-0.3, -0.25) is 10.0 Å². The Morgan fingerprint density at radius 3 is 2.88 bits per heavy atom. The second-order valence-electron chi connectivity index (χ2n) is 3.81. The summed E-state index contributed by atoms with van der Waals surface area (Å²) >= 11 is 1.57. The first-order valence-corrected chi connectivity index (χ1v) is 6.14. The molecule has 1 atom stereocenters. The third-order valence-electron chi connectivity index (χ3n) is 2.65. The summed E-state index contributed by atoms with van der Waals surface area (Å²) in [5.74, 6) is -0.477. The van der Waals surface area contributed by atoms with E-state index in [0.717, 1.165) is 15.0 Å². The molecule has 0 spiro atoms. The van der Waals surface area contributed by atoms with E-state index in [-0.39, 0.29) is 12.6 Å². The van der Waals surface area contributed by atoms with Crippen molar-refractivity contribution < 1.29 is 10.0 Å². The van der Waals surface area contributed by atoms with Gasteiger partial charge in [0.25, 0.3) is 5.91 Å². The summed E-state index contributed by atoms with van der Waals surface area (Å²) in [5.41, 5.74) is 5.22. The predicted octanol–water partition coefficient (Wildman–Crippen LogP) is 2.14. The van der Waals surface area contributed by atoms with E-state index in [2.05, 4.69) is 0 Å². The molecule has 0 saturated carbocycles. The quantitative estimate of drug-likeness (QED) is 0.648. The molecule has 3 N–H and O–H groups in total. The third-order valence-corrected chi connectivity index (χ3v) is 3.94. The number of hydrogen-bond acceptors (Lipinski definition) is 4. The molecule has 0 aliphatic heterocycles. The lowest BCUT2D eigenvalue weighted by molar-refractivity contribution is -0.173. The van der Waals surface area contributed by atoms with E-state index in [0.29, 0.717) is 5.06 Å². The molecule has 1 aromatic carbocycles. The number of thiophene rings is 1. The fraction of sp³-hybridized carbons (Fsp3) is 0.250. The van der Waals surface area contributed by atoms with Crippen LogP contribution in [0.4, 0.5) is 0 Å². The molecule has 17 heavy (non-hydrogen) atoms. The third kappa shape index (κ3) is 2.31. The smallest absolute Gasteiger partial charge is 0.260 e. The first-order chi connectivity index (χ1) is 8.13. The Labute approximate surface area is 103 Å². The van der Waals surface area contributed by atoms with Crippen LogP contribution in [0.15, 0.2) is 30.3 Å². The number of carbonyl (C=O) groups excluding carboxylic acids is 1. The molecule has 0 aliphatic carbocycles. The highest BCUT2D eigenvalue weighted by atomic mass is 32.1. The van der Waals surface area contributed by atoms with Crippen LogP contribution in [0.3, 0.4) is 0 Å². The standard InChI is InChI=1S/C12H14N2O2S/c1-8(14(16)12(15)7-13)11-6-9-4-2-3-5-10(9)17-11/h2-6,8,16H,7,13H2,1H3. The Balaban J connectivity index is 2.30. The maximum Gasteiger partial charge on any atom is 0.260 e. The predicted molar refractivity (Wildman–Crippen MR) is 67.9 cm³/mol. The summed E-state index contributed by atoms with van der Waals surface area (Å²) in [6, 6.07) is 9.57. The zero-order chi connectivity index (χ0) is 12.4. The van der Waals surface area contributed by atoms with Crippen LogP contribution >= 0.6 is 11.3 Å². The van der Waals surface area contributed by atoms with Crippen molar-refractivity contribution in [3.8, 4) is 0 Å². The average Bonchev–Trinajstić information content (AvgIpc) is 2.79. The number of amides is 1. The van der Waals surface area contributed by atoms with Gasteiger partial charge < -0.3 is 5.73 Å². The SMILES string of the molecule is CC(c1cc2ccccc2s1)N(O)C(=O)CN. The molecule has 1 heterocycles. The zero-order valence-electron chi connectivity index (χ0n) is 9.46. The van der Waals surface area contributed by atoms with Gasteiger partial charge in [-0.15, -0.1) is 11.3 Å². The second kappa shape index (κ2) is 4.83. The molecule has 90 valence electrons. The molecular weight excluding hydrogens is 236 g/mol.